The van der Waals surface area contributed by atoms with Crippen molar-refractivity contribution in [2.45, 2.75) is 0 Å². The highest BCUT2D eigenvalue weighted by Crippen LogP contribution is 2.50. The lowest BCUT2D eigenvalue weighted by atomic mass is 9.81. The first kappa shape index (κ1) is 36.6. The van der Waals surface area contributed by atoms with Crippen LogP contribution in [0.25, 0.3) is 98.4 Å². The minimum absolute atomic E-state index is 1.10. The maximum Gasteiger partial charge on any atom is 0.0462 e. The molecule has 0 bridgehead atoms. The Balaban J connectivity index is 1.17. The molecule has 1 nitrogen and oxygen atoms in total. The topological polar surface area (TPSA) is 3.24 Å². The number of hydrogen-bond donors (Lipinski definition) is 0. The molecule has 0 radical (unpaired) electrons. The van der Waals surface area contributed by atoms with Crippen LogP contribution >= 0.6 is 0 Å². The summed E-state index contributed by atoms with van der Waals surface area (Å²) in [6.07, 6.45) is 0. The van der Waals surface area contributed by atoms with Crippen LogP contribution in [0.4, 0.5) is 17.1 Å². The Morgan fingerprint density at radius 2 is 0.683 bits per heavy atom. The molecule has 0 fully saturated rings. The molecule has 12 aromatic carbocycles. The monoisotopic (exact) mass is 799 g/mol. The molecule has 0 aliphatic carbocycles. The molecule has 12 rings (SSSR count). The maximum atomic E-state index is 2.45. The molecular formula is C62H41N. The molecule has 294 valence electrons. The summed E-state index contributed by atoms with van der Waals surface area (Å²) in [7, 11) is 0. The molecule has 0 atom stereocenters. The Bertz CT molecular complexity index is 3590. The van der Waals surface area contributed by atoms with Gasteiger partial charge in [0.2, 0.25) is 0 Å². The van der Waals surface area contributed by atoms with Crippen molar-refractivity contribution in [3.05, 3.63) is 249 Å². The first-order valence-corrected chi connectivity index (χ1v) is 21.8. The van der Waals surface area contributed by atoms with Crippen molar-refractivity contribution in [3.63, 3.8) is 0 Å². The predicted molar refractivity (Wildman–Crippen MR) is 270 cm³/mol. The summed E-state index contributed by atoms with van der Waals surface area (Å²) in [5, 5.41) is 12.6. The van der Waals surface area contributed by atoms with Crippen molar-refractivity contribution in [3.8, 4) is 44.5 Å². The van der Waals surface area contributed by atoms with Crippen molar-refractivity contribution in [1.29, 1.82) is 0 Å². The first-order valence-electron chi connectivity index (χ1n) is 21.8. The van der Waals surface area contributed by atoms with Crippen LogP contribution in [0.2, 0.25) is 0 Å². The Morgan fingerprint density at radius 3 is 1.32 bits per heavy atom. The smallest absolute Gasteiger partial charge is 0.0462 e. The Kier molecular flexibility index (Phi) is 8.90. The van der Waals surface area contributed by atoms with Gasteiger partial charge in [0, 0.05) is 17.1 Å². The molecule has 0 aromatic heterocycles. The summed E-state index contributed by atoms with van der Waals surface area (Å²) in [4.78, 5) is 2.33. The standard InChI is InChI=1S/C62H41N/c1-5-19-42(20-6-1)57-41-58(43-21-7-2-8-22-43)61-55-38-35-46(56-39-45-23-13-14-28-50(45)51-29-15-16-30-52(51)56)40-59(55)53-31-17-18-32-54(53)62(61)60(57)44-33-36-49(37-34-44)63(47-24-9-3-10-25-47)48-26-11-4-12-27-48/h1-41H. The van der Waals surface area contributed by atoms with Gasteiger partial charge in [-0.15, -0.1) is 0 Å². The van der Waals surface area contributed by atoms with Crippen LogP contribution in [0.3, 0.4) is 0 Å². The second-order valence-electron chi connectivity index (χ2n) is 16.4. The lowest BCUT2D eigenvalue weighted by Gasteiger charge is -2.26. The van der Waals surface area contributed by atoms with Crippen LogP contribution in [-0.2, 0) is 0 Å². The fraction of sp³-hybridized carbons (Fsp3) is 0. The second-order valence-corrected chi connectivity index (χ2v) is 16.4. The third-order valence-electron chi connectivity index (χ3n) is 12.8. The minimum atomic E-state index is 1.10. The van der Waals surface area contributed by atoms with E-state index in [2.05, 4.69) is 254 Å². The predicted octanol–water partition coefficient (Wildman–Crippen LogP) is 17.6. The van der Waals surface area contributed by atoms with Gasteiger partial charge < -0.3 is 4.90 Å². The van der Waals surface area contributed by atoms with Gasteiger partial charge in [-0.1, -0.05) is 194 Å². The van der Waals surface area contributed by atoms with E-state index < -0.39 is 0 Å². The molecule has 0 heterocycles. The van der Waals surface area contributed by atoms with Crippen molar-refractivity contribution in [2.75, 3.05) is 4.90 Å². The lowest BCUT2D eigenvalue weighted by Crippen LogP contribution is -2.09. The fourth-order valence-electron chi connectivity index (χ4n) is 9.98. The Hall–Kier alpha value is -8.26. The van der Waals surface area contributed by atoms with Crippen LogP contribution in [-0.4, -0.2) is 0 Å². The average molecular weight is 800 g/mol. The van der Waals surface area contributed by atoms with Gasteiger partial charge in [0.25, 0.3) is 0 Å². The highest BCUT2D eigenvalue weighted by Gasteiger charge is 2.23. The van der Waals surface area contributed by atoms with Crippen molar-refractivity contribution in [1.82, 2.24) is 0 Å². The van der Waals surface area contributed by atoms with Gasteiger partial charge in [0.15, 0.2) is 0 Å². The van der Waals surface area contributed by atoms with E-state index in [1.165, 1.54) is 98.4 Å². The molecule has 0 N–H and O–H groups in total. The van der Waals surface area contributed by atoms with Gasteiger partial charge in [-0.25, -0.2) is 0 Å². The summed E-state index contributed by atoms with van der Waals surface area (Å²) >= 11 is 0. The van der Waals surface area contributed by atoms with Gasteiger partial charge in [-0.2, -0.15) is 0 Å². The van der Waals surface area contributed by atoms with Crippen LogP contribution in [0.1, 0.15) is 0 Å². The van der Waals surface area contributed by atoms with E-state index in [0.717, 1.165) is 17.1 Å². The molecule has 0 unspecified atom stereocenters. The summed E-state index contributed by atoms with van der Waals surface area (Å²) < 4.78 is 0. The molecule has 12 aromatic rings. The van der Waals surface area contributed by atoms with Gasteiger partial charge in [-0.05, 0) is 153 Å². The first-order chi connectivity index (χ1) is 31.3. The van der Waals surface area contributed by atoms with Gasteiger partial charge in [-0.3, -0.25) is 0 Å². The minimum Gasteiger partial charge on any atom is -0.311 e. The molecule has 0 amide bonds. The van der Waals surface area contributed by atoms with Gasteiger partial charge in [0.05, 0.1) is 0 Å². The van der Waals surface area contributed by atoms with E-state index >= 15 is 0 Å². The number of nitrogens with zero attached hydrogens (tertiary/aromatic N) is 1. The summed E-state index contributed by atoms with van der Waals surface area (Å²) in [6, 6.07) is 91.1. The zero-order valence-corrected chi connectivity index (χ0v) is 34.6. The molecular weight excluding hydrogens is 759 g/mol. The van der Waals surface area contributed by atoms with Crippen LogP contribution in [0, 0.1) is 0 Å². The Morgan fingerprint density at radius 1 is 0.222 bits per heavy atom. The fourth-order valence-corrected chi connectivity index (χ4v) is 9.98. The van der Waals surface area contributed by atoms with E-state index in [0.29, 0.717) is 0 Å². The molecule has 0 saturated heterocycles. The van der Waals surface area contributed by atoms with Crippen LogP contribution in [0.15, 0.2) is 249 Å². The number of para-hydroxylation sites is 2. The van der Waals surface area contributed by atoms with Crippen LogP contribution < -0.4 is 4.90 Å². The van der Waals surface area contributed by atoms with E-state index in [1.807, 2.05) is 0 Å². The van der Waals surface area contributed by atoms with Crippen LogP contribution in [0.5, 0.6) is 0 Å². The summed E-state index contributed by atoms with van der Waals surface area (Å²) in [5.74, 6) is 0. The second kappa shape index (κ2) is 15.3. The van der Waals surface area contributed by atoms with E-state index in [-0.39, 0.29) is 0 Å². The van der Waals surface area contributed by atoms with Gasteiger partial charge >= 0.3 is 0 Å². The lowest BCUT2D eigenvalue weighted by molar-refractivity contribution is 1.28. The highest BCUT2D eigenvalue weighted by molar-refractivity contribution is 6.33. The molecule has 0 aliphatic rings. The third kappa shape index (κ3) is 6.25. The van der Waals surface area contributed by atoms with Gasteiger partial charge in [0.1, 0.15) is 0 Å². The number of hydrogen-bond acceptors (Lipinski definition) is 1. The molecule has 0 saturated carbocycles. The number of rotatable bonds is 7. The number of benzene rings is 12. The highest BCUT2D eigenvalue weighted by atomic mass is 15.1. The van der Waals surface area contributed by atoms with Crippen molar-refractivity contribution in [2.24, 2.45) is 0 Å². The largest absolute Gasteiger partial charge is 0.311 e. The number of fused-ring (bicyclic) bond motifs is 9. The third-order valence-corrected chi connectivity index (χ3v) is 12.8. The zero-order chi connectivity index (χ0) is 41.7. The quantitative estimate of drug-likeness (QED) is 0.145. The molecule has 0 spiro atoms. The average Bonchev–Trinajstić information content (AvgIpc) is 3.37. The summed E-state index contributed by atoms with van der Waals surface area (Å²) in [5.41, 5.74) is 13.0. The van der Waals surface area contributed by atoms with Crippen molar-refractivity contribution >= 4 is 70.9 Å². The van der Waals surface area contributed by atoms with E-state index in [1.54, 1.807) is 0 Å². The van der Waals surface area contributed by atoms with E-state index in [9.17, 15) is 0 Å². The summed E-state index contributed by atoms with van der Waals surface area (Å²) in [6.45, 7) is 0. The molecule has 63 heavy (non-hydrogen) atoms. The number of anilines is 3. The van der Waals surface area contributed by atoms with E-state index in [4.69, 9.17) is 0 Å². The molecule has 0 aliphatic heterocycles. The SMILES string of the molecule is c1ccc(-c2cc(-c3ccccc3)c3c4ccc(-c5cc6ccccc6c6ccccc56)cc4c4ccccc4c3c2-c2ccc(N(c3ccccc3)c3ccccc3)cc2)cc1. The van der Waals surface area contributed by atoms with Crippen molar-refractivity contribution < 1.29 is 0 Å². The normalized spacial score (nSPS) is 11.5. The Labute approximate surface area is 367 Å². The maximum absolute atomic E-state index is 2.45. The molecule has 1 heteroatoms. The zero-order valence-electron chi connectivity index (χ0n) is 34.6.